The molecule has 24 heavy (non-hydrogen) atoms. The molecule has 124 valence electrons. The summed E-state index contributed by atoms with van der Waals surface area (Å²) in [7, 11) is 1.61. The summed E-state index contributed by atoms with van der Waals surface area (Å²) in [4.78, 5) is 30.3. The molecule has 2 heterocycles. The molecule has 3 rings (SSSR count). The SMILES string of the molecule is COc1cccc(C2CCCN2C(=O)C(=O)Nc2cccnc2)c1. The molecular formula is C18H19N3O3. The summed E-state index contributed by atoms with van der Waals surface area (Å²) in [5.74, 6) is -0.423. The van der Waals surface area contributed by atoms with Gasteiger partial charge < -0.3 is 15.0 Å². The predicted octanol–water partition coefficient (Wildman–Crippen LogP) is 2.39. The number of carbonyl (C=O) groups excluding carboxylic acids is 2. The van der Waals surface area contributed by atoms with E-state index in [4.69, 9.17) is 4.74 Å². The van der Waals surface area contributed by atoms with Gasteiger partial charge in [-0.1, -0.05) is 12.1 Å². The number of hydrogen-bond acceptors (Lipinski definition) is 4. The zero-order valence-electron chi connectivity index (χ0n) is 13.4. The molecule has 1 N–H and O–H groups in total. The van der Waals surface area contributed by atoms with Gasteiger partial charge in [0, 0.05) is 12.7 Å². The molecule has 0 radical (unpaired) electrons. The van der Waals surface area contributed by atoms with Gasteiger partial charge in [0.25, 0.3) is 0 Å². The first kappa shape index (κ1) is 16.0. The summed E-state index contributed by atoms with van der Waals surface area (Å²) in [6, 6.07) is 10.9. The van der Waals surface area contributed by atoms with Crippen molar-refractivity contribution in [2.24, 2.45) is 0 Å². The van der Waals surface area contributed by atoms with Crippen LogP contribution in [0.4, 0.5) is 5.69 Å². The highest BCUT2D eigenvalue weighted by atomic mass is 16.5. The Labute approximate surface area is 140 Å². The van der Waals surface area contributed by atoms with Gasteiger partial charge in [-0.3, -0.25) is 14.6 Å². The van der Waals surface area contributed by atoms with E-state index in [2.05, 4.69) is 10.3 Å². The fourth-order valence-corrected chi connectivity index (χ4v) is 2.96. The van der Waals surface area contributed by atoms with Crippen LogP contribution in [-0.2, 0) is 9.59 Å². The van der Waals surface area contributed by atoms with E-state index in [1.54, 1.807) is 30.3 Å². The van der Waals surface area contributed by atoms with Gasteiger partial charge in [0.05, 0.1) is 25.0 Å². The second-order valence-electron chi connectivity index (χ2n) is 5.63. The maximum atomic E-state index is 12.6. The zero-order chi connectivity index (χ0) is 16.9. The third-order valence-electron chi connectivity index (χ3n) is 4.11. The lowest BCUT2D eigenvalue weighted by atomic mass is 10.0. The van der Waals surface area contributed by atoms with Gasteiger partial charge in [-0.15, -0.1) is 0 Å². The van der Waals surface area contributed by atoms with Crippen LogP contribution in [-0.4, -0.2) is 35.4 Å². The van der Waals surface area contributed by atoms with Crippen molar-refractivity contribution in [2.45, 2.75) is 18.9 Å². The van der Waals surface area contributed by atoms with Crippen LogP contribution in [0.25, 0.3) is 0 Å². The van der Waals surface area contributed by atoms with Crippen molar-refractivity contribution in [3.63, 3.8) is 0 Å². The van der Waals surface area contributed by atoms with Crippen molar-refractivity contribution >= 4 is 17.5 Å². The summed E-state index contributed by atoms with van der Waals surface area (Å²) in [6.45, 7) is 0.571. The molecule has 0 bridgehead atoms. The number of pyridine rings is 1. The van der Waals surface area contributed by atoms with Crippen LogP contribution in [0.1, 0.15) is 24.4 Å². The van der Waals surface area contributed by atoms with E-state index in [1.165, 1.54) is 6.20 Å². The molecule has 0 saturated carbocycles. The van der Waals surface area contributed by atoms with Gasteiger partial charge in [0.2, 0.25) is 0 Å². The van der Waals surface area contributed by atoms with Crippen molar-refractivity contribution in [3.05, 3.63) is 54.4 Å². The van der Waals surface area contributed by atoms with E-state index in [9.17, 15) is 9.59 Å². The highest BCUT2D eigenvalue weighted by Gasteiger charge is 2.33. The molecular weight excluding hydrogens is 306 g/mol. The number of aromatic nitrogens is 1. The number of ether oxygens (including phenoxy) is 1. The standard InChI is InChI=1S/C18H19N3O3/c1-24-15-7-2-5-13(11-15)16-8-4-10-21(16)18(23)17(22)20-14-6-3-9-19-12-14/h2-3,5-7,9,11-12,16H,4,8,10H2,1H3,(H,20,22). The van der Waals surface area contributed by atoms with Crippen LogP contribution < -0.4 is 10.1 Å². The van der Waals surface area contributed by atoms with Crippen molar-refractivity contribution < 1.29 is 14.3 Å². The van der Waals surface area contributed by atoms with Gasteiger partial charge in [0.15, 0.2) is 0 Å². The largest absolute Gasteiger partial charge is 0.497 e. The van der Waals surface area contributed by atoms with E-state index in [0.717, 1.165) is 24.2 Å². The summed E-state index contributed by atoms with van der Waals surface area (Å²) >= 11 is 0. The molecule has 2 aromatic rings. The number of amides is 2. The lowest BCUT2D eigenvalue weighted by Crippen LogP contribution is -2.39. The molecule has 1 unspecified atom stereocenters. The van der Waals surface area contributed by atoms with Crippen LogP contribution in [0.2, 0.25) is 0 Å². The zero-order valence-corrected chi connectivity index (χ0v) is 13.4. The second-order valence-corrected chi connectivity index (χ2v) is 5.63. The molecule has 2 amide bonds. The fourth-order valence-electron chi connectivity index (χ4n) is 2.96. The Morgan fingerprint density at radius 1 is 1.29 bits per heavy atom. The number of hydrogen-bond donors (Lipinski definition) is 1. The Hall–Kier alpha value is -2.89. The molecule has 6 nitrogen and oxygen atoms in total. The van der Waals surface area contributed by atoms with Crippen LogP contribution in [0.15, 0.2) is 48.8 Å². The quantitative estimate of drug-likeness (QED) is 0.880. The first-order chi connectivity index (χ1) is 11.7. The normalized spacial score (nSPS) is 16.7. The second kappa shape index (κ2) is 7.12. The molecule has 1 atom stereocenters. The fraction of sp³-hybridized carbons (Fsp3) is 0.278. The Morgan fingerprint density at radius 2 is 2.17 bits per heavy atom. The number of benzene rings is 1. The lowest BCUT2D eigenvalue weighted by Gasteiger charge is -2.24. The summed E-state index contributed by atoms with van der Waals surface area (Å²) in [5.41, 5.74) is 1.49. The molecule has 0 aliphatic carbocycles. The summed E-state index contributed by atoms with van der Waals surface area (Å²) in [5, 5.41) is 2.60. The number of nitrogens with zero attached hydrogens (tertiary/aromatic N) is 2. The van der Waals surface area contributed by atoms with Crippen LogP contribution in [0.5, 0.6) is 5.75 Å². The van der Waals surface area contributed by atoms with Gasteiger partial charge in [-0.25, -0.2) is 0 Å². The third-order valence-corrected chi connectivity index (χ3v) is 4.11. The Kier molecular flexibility index (Phi) is 4.74. The van der Waals surface area contributed by atoms with Gasteiger partial charge in [-0.05, 0) is 42.7 Å². The Bertz CT molecular complexity index is 733. The summed E-state index contributed by atoms with van der Waals surface area (Å²) < 4.78 is 5.25. The molecule has 1 fully saturated rings. The maximum absolute atomic E-state index is 12.6. The average Bonchev–Trinajstić information content (AvgIpc) is 3.11. The number of likely N-dealkylation sites (tertiary alicyclic amines) is 1. The molecule has 1 aromatic carbocycles. The molecule has 1 aliphatic heterocycles. The topological polar surface area (TPSA) is 71.5 Å². The van der Waals surface area contributed by atoms with E-state index in [-0.39, 0.29) is 6.04 Å². The molecule has 1 saturated heterocycles. The van der Waals surface area contributed by atoms with E-state index < -0.39 is 11.8 Å². The van der Waals surface area contributed by atoms with Gasteiger partial charge in [0.1, 0.15) is 5.75 Å². The predicted molar refractivity (Wildman–Crippen MR) is 89.5 cm³/mol. The number of anilines is 1. The van der Waals surface area contributed by atoms with E-state index in [1.807, 2.05) is 24.3 Å². The third kappa shape index (κ3) is 3.37. The minimum Gasteiger partial charge on any atom is -0.497 e. The van der Waals surface area contributed by atoms with Crippen molar-refractivity contribution in [1.82, 2.24) is 9.88 Å². The smallest absolute Gasteiger partial charge is 0.313 e. The molecule has 0 spiro atoms. The molecule has 1 aliphatic rings. The van der Waals surface area contributed by atoms with Crippen LogP contribution in [0, 0.1) is 0 Å². The monoisotopic (exact) mass is 325 g/mol. The first-order valence-electron chi connectivity index (χ1n) is 7.85. The number of nitrogens with one attached hydrogen (secondary N) is 1. The first-order valence-corrected chi connectivity index (χ1v) is 7.85. The summed E-state index contributed by atoms with van der Waals surface area (Å²) in [6.07, 6.45) is 4.82. The van der Waals surface area contributed by atoms with Crippen molar-refractivity contribution in [1.29, 1.82) is 0 Å². The van der Waals surface area contributed by atoms with Gasteiger partial charge in [-0.2, -0.15) is 0 Å². The van der Waals surface area contributed by atoms with E-state index in [0.29, 0.717) is 12.2 Å². The number of carbonyl (C=O) groups is 2. The highest BCUT2D eigenvalue weighted by Crippen LogP contribution is 2.33. The van der Waals surface area contributed by atoms with Crippen molar-refractivity contribution in [3.8, 4) is 5.75 Å². The Balaban J connectivity index is 1.74. The Morgan fingerprint density at radius 3 is 2.92 bits per heavy atom. The van der Waals surface area contributed by atoms with E-state index >= 15 is 0 Å². The van der Waals surface area contributed by atoms with Gasteiger partial charge >= 0.3 is 11.8 Å². The maximum Gasteiger partial charge on any atom is 0.313 e. The lowest BCUT2D eigenvalue weighted by molar-refractivity contribution is -0.143. The molecule has 1 aromatic heterocycles. The average molecular weight is 325 g/mol. The van der Waals surface area contributed by atoms with Crippen molar-refractivity contribution in [2.75, 3.05) is 19.0 Å². The number of rotatable bonds is 3. The minimum absolute atomic E-state index is 0.104. The van der Waals surface area contributed by atoms with Crippen LogP contribution >= 0.6 is 0 Å². The molecule has 6 heteroatoms. The number of methoxy groups -OCH3 is 1. The minimum atomic E-state index is -0.641. The van der Waals surface area contributed by atoms with Crippen LogP contribution in [0.3, 0.4) is 0 Å². The highest BCUT2D eigenvalue weighted by molar-refractivity contribution is 6.39.